The first-order valence-electron chi connectivity index (χ1n) is 8.30. The van der Waals surface area contributed by atoms with Gasteiger partial charge >= 0.3 is 12.6 Å². The van der Waals surface area contributed by atoms with Crippen LogP contribution in [-0.4, -0.2) is 42.3 Å². The molecule has 0 aromatic heterocycles. The van der Waals surface area contributed by atoms with E-state index >= 15 is 0 Å². The highest BCUT2D eigenvalue weighted by Crippen LogP contribution is 2.33. The van der Waals surface area contributed by atoms with E-state index in [0.717, 1.165) is 36.8 Å². The van der Waals surface area contributed by atoms with Gasteiger partial charge in [0.2, 0.25) is 0 Å². The Morgan fingerprint density at radius 2 is 2.25 bits per heavy atom. The molecule has 1 fully saturated rings. The van der Waals surface area contributed by atoms with Crippen LogP contribution in [0.3, 0.4) is 0 Å². The van der Waals surface area contributed by atoms with Gasteiger partial charge < -0.3 is 20.1 Å². The van der Waals surface area contributed by atoms with E-state index in [9.17, 15) is 18.7 Å². The molecule has 0 spiro atoms. The summed E-state index contributed by atoms with van der Waals surface area (Å²) in [6.07, 6.45) is 3.32. The Morgan fingerprint density at radius 1 is 1.42 bits per heavy atom. The lowest BCUT2D eigenvalue weighted by molar-refractivity contribution is -0.0499. The third kappa shape index (κ3) is 3.77. The third-order valence-corrected chi connectivity index (χ3v) is 4.78. The summed E-state index contributed by atoms with van der Waals surface area (Å²) in [6, 6.07) is 4.68. The van der Waals surface area contributed by atoms with Gasteiger partial charge in [-0.25, -0.2) is 4.79 Å². The molecule has 1 aliphatic carbocycles. The molecule has 2 amide bonds. The number of nitrogens with one attached hydrogen (secondary N) is 1. The Hall–Kier alpha value is -1.89. The van der Waals surface area contributed by atoms with Crippen molar-refractivity contribution in [3.8, 4) is 5.75 Å². The van der Waals surface area contributed by atoms with E-state index in [1.54, 1.807) is 17.0 Å². The number of aliphatic hydroxyl groups excluding tert-OH is 1. The monoisotopic (exact) mass is 340 g/mol. The van der Waals surface area contributed by atoms with Crippen molar-refractivity contribution in [3.05, 3.63) is 29.3 Å². The van der Waals surface area contributed by atoms with Gasteiger partial charge in [-0.05, 0) is 48.9 Å². The molecule has 24 heavy (non-hydrogen) atoms. The molecule has 0 bridgehead atoms. The van der Waals surface area contributed by atoms with Gasteiger partial charge in [0, 0.05) is 25.6 Å². The molecule has 2 aliphatic rings. The van der Waals surface area contributed by atoms with Gasteiger partial charge in [-0.2, -0.15) is 8.78 Å². The van der Waals surface area contributed by atoms with Gasteiger partial charge in [-0.3, -0.25) is 0 Å². The normalized spacial score (nSPS) is 23.2. The molecule has 2 N–H and O–H groups in total. The van der Waals surface area contributed by atoms with Crippen LogP contribution in [0, 0.1) is 5.92 Å². The number of fused-ring (bicyclic) bond motifs is 1. The molecule has 5 nitrogen and oxygen atoms in total. The van der Waals surface area contributed by atoms with Crippen LogP contribution in [-0.2, 0) is 6.42 Å². The minimum Gasteiger partial charge on any atom is -0.435 e. The van der Waals surface area contributed by atoms with E-state index in [1.807, 2.05) is 0 Å². The van der Waals surface area contributed by atoms with Gasteiger partial charge in [-0.1, -0.05) is 6.07 Å². The molecular weight excluding hydrogens is 318 g/mol. The summed E-state index contributed by atoms with van der Waals surface area (Å²) in [7, 11) is 0. The number of hydrogen-bond acceptors (Lipinski definition) is 3. The van der Waals surface area contributed by atoms with Gasteiger partial charge in [0.25, 0.3) is 0 Å². The first-order chi connectivity index (χ1) is 11.6. The zero-order chi connectivity index (χ0) is 17.1. The standard InChI is InChI=1S/C17H22F2N2O3/c18-16(19)24-13-4-5-14-12(8-13)2-1-3-15(14)20-17(23)21-7-6-11(9-21)10-22/h4-5,8,11,15-16,22H,1-3,6-7,9-10H2,(H,20,23). The average molecular weight is 340 g/mol. The Kier molecular flexibility index (Phi) is 5.18. The summed E-state index contributed by atoms with van der Waals surface area (Å²) in [5.41, 5.74) is 1.91. The number of carbonyl (C=O) groups is 1. The molecule has 1 heterocycles. The van der Waals surface area contributed by atoms with Crippen LogP contribution in [0.1, 0.15) is 36.4 Å². The molecule has 1 aromatic rings. The predicted octanol–water partition coefficient (Wildman–Crippen LogP) is 2.69. The van der Waals surface area contributed by atoms with Crippen LogP contribution >= 0.6 is 0 Å². The number of aliphatic hydroxyl groups is 1. The number of likely N-dealkylation sites (tertiary alicyclic amines) is 1. The Bertz CT molecular complexity index is 597. The van der Waals surface area contributed by atoms with E-state index in [-0.39, 0.29) is 30.3 Å². The molecule has 7 heteroatoms. The fourth-order valence-corrected chi connectivity index (χ4v) is 3.52. The van der Waals surface area contributed by atoms with Crippen molar-refractivity contribution < 1.29 is 23.4 Å². The SMILES string of the molecule is O=C(NC1CCCc2cc(OC(F)F)ccc21)N1CCC(CO)C1. The van der Waals surface area contributed by atoms with Crippen molar-refractivity contribution in [2.45, 2.75) is 38.3 Å². The molecule has 0 saturated carbocycles. The number of alkyl halides is 2. The summed E-state index contributed by atoms with van der Waals surface area (Å²) in [5, 5.41) is 12.2. The smallest absolute Gasteiger partial charge is 0.387 e. The van der Waals surface area contributed by atoms with Crippen molar-refractivity contribution in [2.75, 3.05) is 19.7 Å². The number of amides is 2. The van der Waals surface area contributed by atoms with Crippen LogP contribution in [0.25, 0.3) is 0 Å². The molecule has 132 valence electrons. The fraction of sp³-hybridized carbons (Fsp3) is 0.588. The predicted molar refractivity (Wildman–Crippen MR) is 84.1 cm³/mol. The lowest BCUT2D eigenvalue weighted by atomic mass is 9.87. The highest BCUT2D eigenvalue weighted by atomic mass is 19.3. The largest absolute Gasteiger partial charge is 0.435 e. The number of halogens is 2. The highest BCUT2D eigenvalue weighted by Gasteiger charge is 2.29. The summed E-state index contributed by atoms with van der Waals surface area (Å²) in [4.78, 5) is 14.1. The second-order valence-corrected chi connectivity index (χ2v) is 6.42. The third-order valence-electron chi connectivity index (χ3n) is 4.78. The van der Waals surface area contributed by atoms with Crippen molar-refractivity contribution in [1.29, 1.82) is 0 Å². The zero-order valence-electron chi connectivity index (χ0n) is 13.4. The highest BCUT2D eigenvalue weighted by molar-refractivity contribution is 5.75. The molecule has 2 atom stereocenters. The molecule has 3 rings (SSSR count). The average Bonchev–Trinajstić information content (AvgIpc) is 3.03. The molecule has 1 saturated heterocycles. The maximum absolute atomic E-state index is 12.4. The molecule has 0 radical (unpaired) electrons. The van der Waals surface area contributed by atoms with Crippen LogP contribution in [0.2, 0.25) is 0 Å². The molecule has 2 unspecified atom stereocenters. The number of carbonyl (C=O) groups excluding carboxylic acids is 1. The van der Waals surface area contributed by atoms with E-state index < -0.39 is 6.61 Å². The van der Waals surface area contributed by atoms with Crippen LogP contribution < -0.4 is 10.1 Å². The van der Waals surface area contributed by atoms with Crippen molar-refractivity contribution in [3.63, 3.8) is 0 Å². The number of nitrogens with zero attached hydrogens (tertiary/aromatic N) is 1. The van der Waals surface area contributed by atoms with Gasteiger partial charge in [0.1, 0.15) is 5.75 Å². The number of ether oxygens (including phenoxy) is 1. The number of aryl methyl sites for hydroxylation is 1. The first-order valence-corrected chi connectivity index (χ1v) is 8.30. The zero-order valence-corrected chi connectivity index (χ0v) is 13.4. The van der Waals surface area contributed by atoms with Crippen molar-refractivity contribution >= 4 is 6.03 Å². The summed E-state index contributed by atoms with van der Waals surface area (Å²) >= 11 is 0. The lowest BCUT2D eigenvalue weighted by Crippen LogP contribution is -2.41. The Labute approximate surface area is 139 Å². The van der Waals surface area contributed by atoms with Gasteiger partial charge in [-0.15, -0.1) is 0 Å². The first kappa shape index (κ1) is 17.0. The topological polar surface area (TPSA) is 61.8 Å². The fourth-order valence-electron chi connectivity index (χ4n) is 3.52. The summed E-state index contributed by atoms with van der Waals surface area (Å²) in [6.45, 7) is -1.51. The second kappa shape index (κ2) is 7.34. The van der Waals surface area contributed by atoms with Crippen molar-refractivity contribution in [1.82, 2.24) is 10.2 Å². The minimum absolute atomic E-state index is 0.100. The van der Waals surface area contributed by atoms with Crippen molar-refractivity contribution in [2.24, 2.45) is 5.92 Å². The number of urea groups is 1. The van der Waals surface area contributed by atoms with Gasteiger partial charge in [0.05, 0.1) is 6.04 Å². The minimum atomic E-state index is -2.84. The number of rotatable bonds is 4. The second-order valence-electron chi connectivity index (χ2n) is 6.42. The number of benzene rings is 1. The quantitative estimate of drug-likeness (QED) is 0.886. The Morgan fingerprint density at radius 3 is 2.96 bits per heavy atom. The number of hydrogen-bond donors (Lipinski definition) is 2. The van der Waals surface area contributed by atoms with Gasteiger partial charge in [0.15, 0.2) is 0 Å². The van der Waals surface area contributed by atoms with Crippen LogP contribution in [0.5, 0.6) is 5.75 Å². The van der Waals surface area contributed by atoms with E-state index in [1.165, 1.54) is 6.07 Å². The van der Waals surface area contributed by atoms with E-state index in [2.05, 4.69) is 10.1 Å². The van der Waals surface area contributed by atoms with E-state index in [0.29, 0.717) is 13.1 Å². The maximum atomic E-state index is 12.4. The van der Waals surface area contributed by atoms with Crippen LogP contribution in [0.15, 0.2) is 18.2 Å². The summed E-state index contributed by atoms with van der Waals surface area (Å²) < 4.78 is 29.1. The lowest BCUT2D eigenvalue weighted by Gasteiger charge is -2.29. The maximum Gasteiger partial charge on any atom is 0.387 e. The molecular formula is C17H22F2N2O3. The Balaban J connectivity index is 1.67. The summed E-state index contributed by atoms with van der Waals surface area (Å²) in [5.74, 6) is 0.310. The molecule has 1 aliphatic heterocycles. The van der Waals surface area contributed by atoms with E-state index in [4.69, 9.17) is 0 Å². The van der Waals surface area contributed by atoms with Crippen LogP contribution in [0.4, 0.5) is 13.6 Å². The molecule has 1 aromatic carbocycles.